The second kappa shape index (κ2) is 9.48. The van der Waals surface area contributed by atoms with Crippen molar-refractivity contribution in [2.45, 2.75) is 26.3 Å². The number of nitrogens with one attached hydrogen (secondary N) is 2. The van der Waals surface area contributed by atoms with E-state index in [-0.39, 0.29) is 7.92 Å². The van der Waals surface area contributed by atoms with Crippen LogP contribution in [0, 0.1) is 0 Å². The van der Waals surface area contributed by atoms with Crippen LogP contribution in [0.1, 0.15) is 31.9 Å². The molecule has 2 unspecified atom stereocenters. The molecule has 1 heterocycles. The standard InChI is InChI=1S/C22H30N3OP/c1-4-9-24-16(2)20-14-19-13-18(21-6-5-10-25-21)8-7-17(19)15-22(20)27(3)12-11-26-23/h5-8,10,13-16,24-25H,4,9,11-12,23H2,1-3H3. The zero-order valence-corrected chi connectivity index (χ0v) is 17.4. The monoisotopic (exact) mass is 383 g/mol. The van der Waals surface area contributed by atoms with Crippen molar-refractivity contribution in [2.24, 2.45) is 5.90 Å². The van der Waals surface area contributed by atoms with Gasteiger partial charge in [-0.3, -0.25) is 0 Å². The Morgan fingerprint density at radius 2 is 2.04 bits per heavy atom. The van der Waals surface area contributed by atoms with E-state index >= 15 is 0 Å². The van der Waals surface area contributed by atoms with Gasteiger partial charge in [-0.25, -0.2) is 5.90 Å². The maximum Gasteiger partial charge on any atom is 0.0721 e. The van der Waals surface area contributed by atoms with E-state index in [9.17, 15) is 0 Å². The summed E-state index contributed by atoms with van der Waals surface area (Å²) in [6, 6.07) is 15.9. The van der Waals surface area contributed by atoms with Gasteiger partial charge in [0.25, 0.3) is 0 Å². The fraction of sp³-hybridized carbons (Fsp3) is 0.364. The van der Waals surface area contributed by atoms with E-state index in [0.29, 0.717) is 12.6 Å². The first-order valence-corrected chi connectivity index (χ1v) is 11.6. The van der Waals surface area contributed by atoms with Crippen LogP contribution in [0.15, 0.2) is 48.7 Å². The highest BCUT2D eigenvalue weighted by Crippen LogP contribution is 2.35. The fourth-order valence-electron chi connectivity index (χ4n) is 3.44. The van der Waals surface area contributed by atoms with Crippen molar-refractivity contribution in [3.8, 4) is 11.3 Å². The van der Waals surface area contributed by atoms with Crippen molar-refractivity contribution in [2.75, 3.05) is 26.0 Å². The Morgan fingerprint density at radius 3 is 2.74 bits per heavy atom. The van der Waals surface area contributed by atoms with Crippen molar-refractivity contribution >= 4 is 24.0 Å². The average molecular weight is 383 g/mol. The highest BCUT2D eigenvalue weighted by Gasteiger charge is 2.16. The molecule has 1 aromatic heterocycles. The van der Waals surface area contributed by atoms with Crippen LogP contribution in [-0.4, -0.2) is 31.0 Å². The molecule has 0 saturated carbocycles. The number of aromatic nitrogens is 1. The molecular weight excluding hydrogens is 353 g/mol. The summed E-state index contributed by atoms with van der Waals surface area (Å²) in [5, 5.41) is 7.67. The van der Waals surface area contributed by atoms with Gasteiger partial charge in [0.2, 0.25) is 0 Å². The third-order valence-corrected chi connectivity index (χ3v) is 7.08. The second-order valence-corrected chi connectivity index (χ2v) is 9.35. The largest absolute Gasteiger partial charge is 0.361 e. The van der Waals surface area contributed by atoms with Crippen LogP contribution in [0.3, 0.4) is 0 Å². The molecule has 0 amide bonds. The van der Waals surface area contributed by atoms with Crippen molar-refractivity contribution < 1.29 is 4.84 Å². The lowest BCUT2D eigenvalue weighted by molar-refractivity contribution is 0.154. The van der Waals surface area contributed by atoms with Crippen LogP contribution >= 0.6 is 7.92 Å². The Hall–Kier alpha value is -1.71. The lowest BCUT2D eigenvalue weighted by atomic mass is 10.00. The van der Waals surface area contributed by atoms with E-state index in [1.54, 1.807) is 0 Å². The number of benzene rings is 2. The zero-order valence-electron chi connectivity index (χ0n) is 16.5. The van der Waals surface area contributed by atoms with Crippen LogP contribution in [0.25, 0.3) is 22.0 Å². The summed E-state index contributed by atoms with van der Waals surface area (Å²) in [6.45, 7) is 8.41. The van der Waals surface area contributed by atoms with Crippen molar-refractivity contribution in [1.29, 1.82) is 0 Å². The Morgan fingerprint density at radius 1 is 1.19 bits per heavy atom. The summed E-state index contributed by atoms with van der Waals surface area (Å²) in [6.07, 6.45) is 4.08. The molecule has 27 heavy (non-hydrogen) atoms. The molecule has 0 saturated heterocycles. The minimum atomic E-state index is -0.318. The van der Waals surface area contributed by atoms with Crippen LogP contribution < -0.4 is 16.5 Å². The van der Waals surface area contributed by atoms with E-state index < -0.39 is 0 Å². The quantitative estimate of drug-likeness (QED) is 0.376. The normalized spacial score (nSPS) is 13.8. The van der Waals surface area contributed by atoms with E-state index in [4.69, 9.17) is 10.7 Å². The van der Waals surface area contributed by atoms with Gasteiger partial charge in [0.1, 0.15) is 0 Å². The number of H-pyrrole nitrogens is 1. The van der Waals surface area contributed by atoms with Gasteiger partial charge in [-0.15, -0.1) is 0 Å². The van der Waals surface area contributed by atoms with Gasteiger partial charge < -0.3 is 15.1 Å². The summed E-state index contributed by atoms with van der Waals surface area (Å²) in [5.41, 5.74) is 3.76. The molecule has 0 radical (unpaired) electrons. The smallest absolute Gasteiger partial charge is 0.0721 e. The first kappa shape index (κ1) is 20.0. The first-order chi connectivity index (χ1) is 13.1. The van der Waals surface area contributed by atoms with Gasteiger partial charge in [-0.1, -0.05) is 27.0 Å². The van der Waals surface area contributed by atoms with Gasteiger partial charge >= 0.3 is 0 Å². The molecule has 3 aromatic rings. The number of aromatic amines is 1. The number of rotatable bonds is 9. The van der Waals surface area contributed by atoms with E-state index in [1.165, 1.54) is 27.2 Å². The fourth-order valence-corrected chi connectivity index (χ4v) is 5.12. The summed E-state index contributed by atoms with van der Waals surface area (Å²) >= 11 is 0. The molecule has 4 nitrogen and oxygen atoms in total. The molecule has 3 rings (SSSR count). The number of fused-ring (bicyclic) bond motifs is 1. The molecule has 4 N–H and O–H groups in total. The molecule has 144 valence electrons. The van der Waals surface area contributed by atoms with Crippen molar-refractivity contribution in [3.05, 3.63) is 54.2 Å². The molecule has 0 aliphatic heterocycles. The van der Waals surface area contributed by atoms with Gasteiger partial charge in [-0.2, -0.15) is 0 Å². The SMILES string of the molecule is CCCNC(C)c1cc2cc(-c3ccc[nH]3)ccc2cc1P(C)CCON. The van der Waals surface area contributed by atoms with Gasteiger partial charge in [0, 0.05) is 17.9 Å². The Labute approximate surface area is 163 Å². The minimum Gasteiger partial charge on any atom is -0.361 e. The summed E-state index contributed by atoms with van der Waals surface area (Å²) in [4.78, 5) is 8.14. The van der Waals surface area contributed by atoms with Crippen LogP contribution in [0.4, 0.5) is 0 Å². The molecule has 2 atom stereocenters. The molecular formula is C22H30N3OP. The summed E-state index contributed by atoms with van der Waals surface area (Å²) in [5.74, 6) is 5.27. The van der Waals surface area contributed by atoms with Gasteiger partial charge in [-0.05, 0) is 90.3 Å². The number of hydrogen-bond donors (Lipinski definition) is 3. The lowest BCUT2D eigenvalue weighted by Gasteiger charge is -2.23. The van der Waals surface area contributed by atoms with E-state index in [2.05, 4.69) is 67.2 Å². The van der Waals surface area contributed by atoms with Gasteiger partial charge in [0.15, 0.2) is 0 Å². The maximum atomic E-state index is 5.27. The topological polar surface area (TPSA) is 63.1 Å². The Balaban J connectivity index is 2.04. The van der Waals surface area contributed by atoms with E-state index in [1.807, 2.05) is 12.3 Å². The molecule has 0 spiro atoms. The van der Waals surface area contributed by atoms with Crippen molar-refractivity contribution in [1.82, 2.24) is 10.3 Å². The molecule has 0 aliphatic carbocycles. The third kappa shape index (κ3) is 4.77. The Bertz CT molecular complexity index is 863. The predicted molar refractivity (Wildman–Crippen MR) is 118 cm³/mol. The third-order valence-electron chi connectivity index (χ3n) is 5.02. The number of nitrogens with two attached hydrogens (primary N) is 1. The molecule has 5 heteroatoms. The predicted octanol–water partition coefficient (Wildman–Crippen LogP) is 4.52. The molecule has 0 bridgehead atoms. The summed E-state index contributed by atoms with van der Waals surface area (Å²) < 4.78 is 0. The minimum absolute atomic E-state index is 0.318. The average Bonchev–Trinajstić information content (AvgIpc) is 3.23. The van der Waals surface area contributed by atoms with Gasteiger partial charge in [0.05, 0.1) is 6.61 Å². The van der Waals surface area contributed by atoms with E-state index in [0.717, 1.165) is 24.8 Å². The van der Waals surface area contributed by atoms with Crippen LogP contribution in [-0.2, 0) is 4.84 Å². The summed E-state index contributed by atoms with van der Waals surface area (Å²) in [7, 11) is -0.318. The molecule has 0 aliphatic rings. The number of hydrogen-bond acceptors (Lipinski definition) is 3. The van der Waals surface area contributed by atoms with Crippen LogP contribution in [0.2, 0.25) is 0 Å². The zero-order chi connectivity index (χ0) is 19.2. The highest BCUT2D eigenvalue weighted by atomic mass is 31.1. The molecule has 0 fully saturated rings. The first-order valence-electron chi connectivity index (χ1n) is 9.61. The Kier molecular flexibility index (Phi) is 7.03. The highest BCUT2D eigenvalue weighted by molar-refractivity contribution is 7.65. The lowest BCUT2D eigenvalue weighted by Crippen LogP contribution is -2.25. The van der Waals surface area contributed by atoms with Crippen molar-refractivity contribution in [3.63, 3.8) is 0 Å². The van der Waals surface area contributed by atoms with Crippen LogP contribution in [0.5, 0.6) is 0 Å². The maximum absolute atomic E-state index is 5.27. The second-order valence-electron chi connectivity index (χ2n) is 7.02. The molecule has 2 aromatic carbocycles.